The molecular weight excluding hydrogens is 541 g/mol. The van der Waals surface area contributed by atoms with Crippen LogP contribution in [0.1, 0.15) is 37.0 Å². The second-order valence-electron chi connectivity index (χ2n) is 10.3. The lowest BCUT2D eigenvalue weighted by molar-refractivity contribution is 0.115. The maximum Gasteiger partial charge on any atom is 0.226 e. The van der Waals surface area contributed by atoms with Gasteiger partial charge in [-0.05, 0) is 38.4 Å². The maximum atomic E-state index is 14.7. The van der Waals surface area contributed by atoms with Crippen LogP contribution in [0.25, 0.3) is 32.2 Å². The molecule has 39 heavy (non-hydrogen) atoms. The number of nitrogens with zero attached hydrogens (tertiary/aromatic N) is 6. The zero-order chi connectivity index (χ0) is 27.6. The van der Waals surface area contributed by atoms with Gasteiger partial charge in [0.1, 0.15) is 11.1 Å². The van der Waals surface area contributed by atoms with E-state index in [1.165, 1.54) is 0 Å². The number of hydrogen-bond acceptors (Lipinski definition) is 10. The van der Waals surface area contributed by atoms with Gasteiger partial charge in [-0.3, -0.25) is 9.88 Å². The molecule has 2 aliphatic heterocycles. The van der Waals surface area contributed by atoms with E-state index in [4.69, 9.17) is 32.0 Å². The smallest absolute Gasteiger partial charge is 0.226 e. The van der Waals surface area contributed by atoms with Crippen molar-refractivity contribution in [1.82, 2.24) is 19.9 Å². The Hall–Kier alpha value is -3.14. The van der Waals surface area contributed by atoms with Crippen LogP contribution in [0.4, 0.5) is 15.3 Å². The first-order valence-electron chi connectivity index (χ1n) is 12.7. The van der Waals surface area contributed by atoms with Crippen molar-refractivity contribution in [2.24, 2.45) is 0 Å². The summed E-state index contributed by atoms with van der Waals surface area (Å²) in [5.41, 5.74) is 9.51. The molecule has 12 heteroatoms. The van der Waals surface area contributed by atoms with Gasteiger partial charge in [-0.1, -0.05) is 11.6 Å². The van der Waals surface area contributed by atoms with Crippen LogP contribution in [-0.4, -0.2) is 63.3 Å². The highest BCUT2D eigenvalue weighted by Gasteiger charge is 2.36. The largest absolute Gasteiger partial charge is 0.392 e. The molecule has 0 bridgehead atoms. The quantitative estimate of drug-likeness (QED) is 0.359. The molecule has 0 radical (unpaired) electrons. The van der Waals surface area contributed by atoms with E-state index in [9.17, 15) is 14.8 Å². The van der Waals surface area contributed by atoms with Gasteiger partial charge in [0.2, 0.25) is 5.95 Å². The number of pyridine rings is 1. The molecule has 202 valence electrons. The summed E-state index contributed by atoms with van der Waals surface area (Å²) in [4.78, 5) is 18.4. The predicted octanol–water partition coefficient (Wildman–Crippen LogP) is 4.46. The Labute approximate surface area is 233 Å². The van der Waals surface area contributed by atoms with Gasteiger partial charge in [-0.2, -0.15) is 5.26 Å². The molecule has 6 rings (SSSR count). The van der Waals surface area contributed by atoms with Gasteiger partial charge in [-0.15, -0.1) is 11.3 Å². The molecule has 5 heterocycles. The van der Waals surface area contributed by atoms with Crippen LogP contribution >= 0.6 is 22.9 Å². The van der Waals surface area contributed by atoms with Crippen molar-refractivity contribution in [2.45, 2.75) is 51.7 Å². The third-order valence-electron chi connectivity index (χ3n) is 7.82. The summed E-state index contributed by atoms with van der Waals surface area (Å²) in [7, 11) is 2.02. The monoisotopic (exact) mass is 567 g/mol. The molecule has 9 nitrogen and oxygen atoms in total. The Balaban J connectivity index is 1.52. The molecule has 0 amide bonds. The van der Waals surface area contributed by atoms with E-state index in [-0.39, 0.29) is 27.3 Å². The number of fused-ring (bicyclic) bond motifs is 4. The Morgan fingerprint density at radius 2 is 2.13 bits per heavy atom. The van der Waals surface area contributed by atoms with Crippen LogP contribution in [0.2, 0.25) is 5.02 Å². The minimum Gasteiger partial charge on any atom is -0.392 e. The second kappa shape index (κ2) is 9.80. The van der Waals surface area contributed by atoms with Crippen molar-refractivity contribution < 1.29 is 14.2 Å². The van der Waals surface area contributed by atoms with Crippen molar-refractivity contribution in [1.29, 1.82) is 5.26 Å². The Morgan fingerprint density at radius 1 is 1.36 bits per heavy atom. The summed E-state index contributed by atoms with van der Waals surface area (Å²) in [6.45, 7) is 5.92. The first-order valence-corrected chi connectivity index (χ1v) is 13.9. The van der Waals surface area contributed by atoms with E-state index in [0.29, 0.717) is 52.9 Å². The van der Waals surface area contributed by atoms with Gasteiger partial charge < -0.3 is 20.5 Å². The fourth-order valence-electron chi connectivity index (χ4n) is 6.02. The number of hydrogen-bond donors (Lipinski definition) is 2. The topological polar surface area (TPSA) is 124 Å². The summed E-state index contributed by atoms with van der Waals surface area (Å²) in [6.07, 6.45) is 3.42. The Kier molecular flexibility index (Phi) is 6.56. The van der Waals surface area contributed by atoms with Crippen molar-refractivity contribution in [3.63, 3.8) is 0 Å². The van der Waals surface area contributed by atoms with Crippen LogP contribution in [0.15, 0.2) is 12.4 Å². The molecule has 3 aromatic heterocycles. The number of nitrogens with two attached hydrogens (primary N) is 1. The van der Waals surface area contributed by atoms with E-state index >= 15 is 0 Å². The number of ether oxygens (including phenoxy) is 1. The molecule has 1 aromatic carbocycles. The second-order valence-corrected chi connectivity index (χ2v) is 11.7. The molecule has 3 N–H and O–H groups in total. The number of aliphatic hydroxyl groups is 1. The first-order chi connectivity index (χ1) is 18.7. The number of benzene rings is 1. The molecule has 3 atom stereocenters. The summed E-state index contributed by atoms with van der Waals surface area (Å²) in [5.74, 6) is 0.0175. The van der Waals surface area contributed by atoms with Crippen molar-refractivity contribution in [3.8, 4) is 17.3 Å². The van der Waals surface area contributed by atoms with Crippen LogP contribution < -0.4 is 10.6 Å². The molecule has 0 aliphatic carbocycles. The van der Waals surface area contributed by atoms with E-state index < -0.39 is 11.9 Å². The zero-order valence-electron chi connectivity index (χ0n) is 21.7. The van der Waals surface area contributed by atoms with Crippen LogP contribution in [0.3, 0.4) is 0 Å². The minimum absolute atomic E-state index is 0.118. The number of nitriles is 1. The molecule has 1 fully saturated rings. The SMILES string of the molecule is C[C@H](O)CN(C)[C@H]1CCN(c2ncc3c4c(c(-c5ncc(F)c6sc(N)c(C#N)c56)c(Cl)c3n2)COC4)[C@H]1C. The molecule has 1 saturated heterocycles. The van der Waals surface area contributed by atoms with Gasteiger partial charge in [0.15, 0.2) is 5.82 Å². The molecule has 0 unspecified atom stereocenters. The number of halogens is 2. The van der Waals surface area contributed by atoms with Gasteiger partial charge in [0.25, 0.3) is 0 Å². The van der Waals surface area contributed by atoms with Gasteiger partial charge >= 0.3 is 0 Å². The average Bonchev–Trinajstić information content (AvgIpc) is 3.62. The maximum absolute atomic E-state index is 14.7. The highest BCUT2D eigenvalue weighted by Crippen LogP contribution is 2.47. The third-order valence-corrected chi connectivity index (χ3v) is 9.22. The predicted molar refractivity (Wildman–Crippen MR) is 150 cm³/mol. The third kappa shape index (κ3) is 4.10. The van der Waals surface area contributed by atoms with E-state index in [2.05, 4.69) is 27.8 Å². The van der Waals surface area contributed by atoms with Crippen molar-refractivity contribution in [2.75, 3.05) is 30.8 Å². The molecule has 0 saturated carbocycles. The first kappa shape index (κ1) is 26.1. The highest BCUT2D eigenvalue weighted by molar-refractivity contribution is 7.23. The van der Waals surface area contributed by atoms with Crippen molar-refractivity contribution >= 4 is 54.9 Å². The number of likely N-dealkylation sites (N-methyl/N-ethyl adjacent to an activating group) is 1. The van der Waals surface area contributed by atoms with E-state index in [0.717, 1.165) is 47.0 Å². The van der Waals surface area contributed by atoms with Crippen LogP contribution in [0.5, 0.6) is 0 Å². The summed E-state index contributed by atoms with van der Waals surface area (Å²) in [6, 6.07) is 2.47. The number of anilines is 2. The zero-order valence-corrected chi connectivity index (χ0v) is 23.3. The highest BCUT2D eigenvalue weighted by atomic mass is 35.5. The molecule has 4 aromatic rings. The normalized spacial score (nSPS) is 19.8. The standard InChI is InChI=1S/C27H27ClFN7O2S/c1-12(37)9-35(3)19-4-5-36(13(19)2)27-33-7-15-16-10-38-11-17(16)20(22(28)23(15)34-27)24-21-14(6-30)26(31)39-25(21)18(29)8-32-24/h7-8,12-13,19,37H,4-5,9-11,31H2,1-3H3/t12-,13-,19-/m0/s1. The fraction of sp³-hybridized carbons (Fsp3) is 0.407. The fourth-order valence-corrected chi connectivity index (χ4v) is 7.29. The molecule has 2 aliphatic rings. The number of aliphatic hydroxyl groups excluding tert-OH is 1. The van der Waals surface area contributed by atoms with Crippen molar-refractivity contribution in [3.05, 3.63) is 39.9 Å². The summed E-state index contributed by atoms with van der Waals surface area (Å²) in [5, 5.41) is 21.4. The van der Waals surface area contributed by atoms with Gasteiger partial charge in [-0.25, -0.2) is 14.4 Å². The van der Waals surface area contributed by atoms with Crippen LogP contribution in [-0.2, 0) is 18.0 Å². The Bertz CT molecular complexity index is 1670. The minimum atomic E-state index is -0.542. The lowest BCUT2D eigenvalue weighted by Gasteiger charge is -2.31. The molecular formula is C27H27ClFN7O2S. The number of aromatic nitrogens is 3. The summed E-state index contributed by atoms with van der Waals surface area (Å²) >= 11 is 8.13. The van der Waals surface area contributed by atoms with E-state index in [1.807, 2.05) is 7.05 Å². The number of nitrogen functional groups attached to an aromatic ring is 1. The van der Waals surface area contributed by atoms with E-state index in [1.54, 1.807) is 13.1 Å². The lowest BCUT2D eigenvalue weighted by atomic mass is 9.94. The lowest BCUT2D eigenvalue weighted by Crippen LogP contribution is -2.44. The van der Waals surface area contributed by atoms with Gasteiger partial charge in [0.05, 0.1) is 52.0 Å². The molecule has 0 spiro atoms. The van der Waals surface area contributed by atoms with Crippen LogP contribution in [0, 0.1) is 17.1 Å². The number of thiophene rings is 1. The Morgan fingerprint density at radius 3 is 2.87 bits per heavy atom. The average molecular weight is 568 g/mol. The number of rotatable bonds is 5. The summed E-state index contributed by atoms with van der Waals surface area (Å²) < 4.78 is 20.8. The van der Waals surface area contributed by atoms with Gasteiger partial charge in [0, 0.05) is 47.7 Å².